The molecule has 1 saturated heterocycles. The van der Waals surface area contributed by atoms with Crippen molar-refractivity contribution in [3.8, 4) is 0 Å². The zero-order valence-electron chi connectivity index (χ0n) is 15.4. The number of piperidine rings is 1. The lowest BCUT2D eigenvalue weighted by molar-refractivity contribution is 0.150. The molecule has 2 N–H and O–H groups in total. The van der Waals surface area contributed by atoms with Crippen molar-refractivity contribution in [2.24, 2.45) is 4.99 Å². The number of likely N-dealkylation sites (tertiary alicyclic amines) is 1. The van der Waals surface area contributed by atoms with Gasteiger partial charge in [0, 0.05) is 12.6 Å². The number of guanidine groups is 1. The molecule has 1 unspecified atom stereocenters. The quantitative estimate of drug-likeness (QED) is 0.384. The maximum atomic E-state index is 5.72. The van der Waals surface area contributed by atoms with Gasteiger partial charge in [-0.15, -0.1) is 24.0 Å². The smallest absolute Gasteiger partial charge is 0.191 e. The molecule has 0 spiro atoms. The van der Waals surface area contributed by atoms with Crippen LogP contribution in [0.1, 0.15) is 63.7 Å². The molecule has 1 aromatic rings. The summed E-state index contributed by atoms with van der Waals surface area (Å²) in [5, 5.41) is 7.01. The number of nitrogens with one attached hydrogen (secondary N) is 2. The summed E-state index contributed by atoms with van der Waals surface area (Å²) in [6.45, 7) is 6.06. The van der Waals surface area contributed by atoms with Crippen molar-refractivity contribution in [2.45, 2.75) is 64.0 Å². The number of hydrogen-bond acceptors (Lipinski definition) is 3. The van der Waals surface area contributed by atoms with Crippen molar-refractivity contribution in [2.75, 3.05) is 26.2 Å². The fraction of sp³-hybridized carbons (Fsp3) is 0.737. The van der Waals surface area contributed by atoms with E-state index in [4.69, 9.17) is 9.41 Å². The summed E-state index contributed by atoms with van der Waals surface area (Å²) in [6, 6.07) is 4.91. The predicted octanol–water partition coefficient (Wildman–Crippen LogP) is 3.92. The van der Waals surface area contributed by atoms with Gasteiger partial charge >= 0.3 is 0 Å². The molecule has 5 nitrogen and oxygen atoms in total. The van der Waals surface area contributed by atoms with Gasteiger partial charge in [0.1, 0.15) is 5.76 Å². The van der Waals surface area contributed by atoms with E-state index < -0.39 is 0 Å². The highest BCUT2D eigenvalue weighted by molar-refractivity contribution is 14.0. The van der Waals surface area contributed by atoms with Gasteiger partial charge in [0.25, 0.3) is 0 Å². The molecule has 0 amide bonds. The van der Waals surface area contributed by atoms with Gasteiger partial charge in [-0.3, -0.25) is 9.89 Å². The second-order valence-electron chi connectivity index (χ2n) is 6.97. The minimum atomic E-state index is 0. The third-order valence-electron chi connectivity index (χ3n) is 5.17. The summed E-state index contributed by atoms with van der Waals surface area (Å²) in [5.41, 5.74) is 0. The lowest BCUT2D eigenvalue weighted by Gasteiger charge is -2.32. The van der Waals surface area contributed by atoms with Crippen molar-refractivity contribution < 1.29 is 4.42 Å². The minimum absolute atomic E-state index is 0. The van der Waals surface area contributed by atoms with Gasteiger partial charge < -0.3 is 15.1 Å². The van der Waals surface area contributed by atoms with E-state index in [1.165, 1.54) is 44.9 Å². The van der Waals surface area contributed by atoms with Crippen molar-refractivity contribution >= 4 is 29.9 Å². The molecule has 1 aliphatic heterocycles. The van der Waals surface area contributed by atoms with Crippen molar-refractivity contribution in [3.05, 3.63) is 24.2 Å². The minimum Gasteiger partial charge on any atom is -0.468 e. The Morgan fingerprint density at radius 2 is 2.00 bits per heavy atom. The molecule has 3 rings (SSSR count). The highest BCUT2D eigenvalue weighted by atomic mass is 127. The fourth-order valence-electron chi connectivity index (χ4n) is 3.86. The molecule has 1 atom stereocenters. The van der Waals surface area contributed by atoms with Crippen LogP contribution in [-0.2, 0) is 0 Å². The van der Waals surface area contributed by atoms with Crippen LogP contribution >= 0.6 is 24.0 Å². The summed E-state index contributed by atoms with van der Waals surface area (Å²) in [5.74, 6) is 2.00. The van der Waals surface area contributed by atoms with E-state index in [1.807, 2.05) is 6.07 Å². The highest BCUT2D eigenvalue weighted by Crippen LogP contribution is 2.25. The van der Waals surface area contributed by atoms with Crippen LogP contribution in [0.25, 0.3) is 0 Å². The summed E-state index contributed by atoms with van der Waals surface area (Å²) in [4.78, 5) is 7.43. The maximum absolute atomic E-state index is 5.72. The lowest BCUT2D eigenvalue weighted by atomic mass is 10.1. The van der Waals surface area contributed by atoms with E-state index in [2.05, 4.69) is 28.5 Å². The Morgan fingerprint density at radius 3 is 2.64 bits per heavy atom. The average Bonchev–Trinajstić information content (AvgIpc) is 3.30. The first-order valence-corrected chi connectivity index (χ1v) is 9.69. The number of hydrogen-bond donors (Lipinski definition) is 2. The van der Waals surface area contributed by atoms with Crippen LogP contribution in [0.5, 0.6) is 0 Å². The third kappa shape index (κ3) is 6.16. The van der Waals surface area contributed by atoms with Gasteiger partial charge in [0.15, 0.2) is 5.96 Å². The molecule has 2 aliphatic rings. The summed E-state index contributed by atoms with van der Waals surface area (Å²) in [6.07, 6.45) is 10.9. The molecule has 0 bridgehead atoms. The molecular weight excluding hydrogens is 427 g/mol. The first-order chi connectivity index (χ1) is 11.9. The van der Waals surface area contributed by atoms with Crippen LogP contribution in [0.2, 0.25) is 0 Å². The molecule has 1 aromatic heterocycles. The SMILES string of the molecule is CCNC(=NCC(c1ccco1)N1CCCCC1)NC1CCCC1.I. The Hall–Kier alpha value is -0.760. The van der Waals surface area contributed by atoms with Crippen LogP contribution in [0.4, 0.5) is 0 Å². The molecular formula is C19H33IN4O. The second kappa shape index (κ2) is 11.1. The van der Waals surface area contributed by atoms with Crippen molar-refractivity contribution in [3.63, 3.8) is 0 Å². The van der Waals surface area contributed by atoms with Gasteiger partial charge in [-0.25, -0.2) is 0 Å². The number of rotatable bonds is 6. The molecule has 2 fully saturated rings. The van der Waals surface area contributed by atoms with E-state index in [-0.39, 0.29) is 30.0 Å². The van der Waals surface area contributed by atoms with Crippen molar-refractivity contribution in [1.29, 1.82) is 0 Å². The van der Waals surface area contributed by atoms with Crippen LogP contribution < -0.4 is 10.6 Å². The van der Waals surface area contributed by atoms with Gasteiger partial charge in [-0.1, -0.05) is 19.3 Å². The van der Waals surface area contributed by atoms with Gasteiger partial charge in [0.2, 0.25) is 0 Å². The normalized spacial score (nSPS) is 20.9. The Balaban J connectivity index is 0.00000225. The summed E-state index contributed by atoms with van der Waals surface area (Å²) >= 11 is 0. The van der Waals surface area contributed by atoms with Gasteiger partial charge in [-0.05, 0) is 57.8 Å². The monoisotopic (exact) mass is 460 g/mol. The van der Waals surface area contributed by atoms with Crippen LogP contribution in [0.3, 0.4) is 0 Å². The largest absolute Gasteiger partial charge is 0.468 e. The van der Waals surface area contributed by atoms with E-state index in [0.717, 1.165) is 37.9 Å². The molecule has 6 heteroatoms. The molecule has 2 heterocycles. The highest BCUT2D eigenvalue weighted by Gasteiger charge is 2.24. The number of aliphatic imine (C=N–C) groups is 1. The number of furan rings is 1. The topological polar surface area (TPSA) is 52.8 Å². The van der Waals surface area contributed by atoms with E-state index in [0.29, 0.717) is 6.04 Å². The second-order valence-corrected chi connectivity index (χ2v) is 6.97. The van der Waals surface area contributed by atoms with Gasteiger partial charge in [0.05, 0.1) is 18.8 Å². The molecule has 1 saturated carbocycles. The Bertz CT molecular complexity index is 494. The Morgan fingerprint density at radius 1 is 1.24 bits per heavy atom. The zero-order valence-corrected chi connectivity index (χ0v) is 17.7. The van der Waals surface area contributed by atoms with Crippen LogP contribution in [0, 0.1) is 0 Å². The molecule has 0 radical (unpaired) electrons. The van der Waals surface area contributed by atoms with E-state index in [9.17, 15) is 0 Å². The number of nitrogens with zero attached hydrogens (tertiary/aromatic N) is 2. The van der Waals surface area contributed by atoms with Crippen LogP contribution in [0.15, 0.2) is 27.8 Å². The molecule has 25 heavy (non-hydrogen) atoms. The van der Waals surface area contributed by atoms with Gasteiger partial charge in [-0.2, -0.15) is 0 Å². The number of halogens is 1. The molecule has 1 aliphatic carbocycles. The fourth-order valence-corrected chi connectivity index (χ4v) is 3.86. The molecule has 142 valence electrons. The lowest BCUT2D eigenvalue weighted by Crippen LogP contribution is -2.43. The van der Waals surface area contributed by atoms with E-state index >= 15 is 0 Å². The third-order valence-corrected chi connectivity index (χ3v) is 5.17. The molecule has 0 aromatic carbocycles. The summed E-state index contributed by atoms with van der Waals surface area (Å²) < 4.78 is 5.72. The Labute approximate surface area is 169 Å². The average molecular weight is 460 g/mol. The standard InChI is InChI=1S/C19H32N4O.HI/c1-2-20-19(22-16-9-4-5-10-16)21-15-17(18-11-8-14-24-18)23-12-6-3-7-13-23;/h8,11,14,16-17H,2-7,9-10,12-13,15H2,1H3,(H2,20,21,22);1H. The van der Waals surface area contributed by atoms with Crippen LogP contribution in [-0.4, -0.2) is 43.1 Å². The maximum Gasteiger partial charge on any atom is 0.191 e. The first kappa shape index (κ1) is 20.6. The zero-order chi connectivity index (χ0) is 16.6. The Kier molecular flexibility index (Phi) is 9.09. The summed E-state index contributed by atoms with van der Waals surface area (Å²) in [7, 11) is 0. The predicted molar refractivity (Wildman–Crippen MR) is 114 cm³/mol. The first-order valence-electron chi connectivity index (χ1n) is 9.69. The van der Waals surface area contributed by atoms with Crippen molar-refractivity contribution in [1.82, 2.24) is 15.5 Å². The van der Waals surface area contributed by atoms with E-state index in [1.54, 1.807) is 6.26 Å².